The lowest BCUT2D eigenvalue weighted by Crippen LogP contribution is -2.29. The fourth-order valence-electron chi connectivity index (χ4n) is 2.60. The second-order valence-corrected chi connectivity index (χ2v) is 4.71. The van der Waals surface area contributed by atoms with Crippen molar-refractivity contribution < 1.29 is 14.3 Å². The number of methoxy groups -OCH3 is 1. The highest BCUT2D eigenvalue weighted by Gasteiger charge is 2.28. The molecule has 0 unspecified atom stereocenters. The minimum Gasteiger partial charge on any atom is -0.490 e. The number of fused-ring (bicyclic) bond motifs is 1. The van der Waals surface area contributed by atoms with Crippen molar-refractivity contribution in [3.8, 4) is 5.75 Å². The van der Waals surface area contributed by atoms with E-state index in [1.165, 1.54) is 13.5 Å². The molecule has 20 heavy (non-hydrogen) atoms. The predicted molar refractivity (Wildman–Crippen MR) is 71.1 cm³/mol. The highest BCUT2D eigenvalue weighted by Crippen LogP contribution is 2.40. The quantitative estimate of drug-likeness (QED) is 0.626. The second-order valence-electron chi connectivity index (χ2n) is 4.71. The van der Waals surface area contributed by atoms with E-state index >= 15 is 0 Å². The maximum atomic E-state index is 11.2. The summed E-state index contributed by atoms with van der Waals surface area (Å²) in [5.41, 5.74) is 1.13. The normalized spacial score (nSPS) is 15.6. The minimum atomic E-state index is -0.522. The smallest absolute Gasteiger partial charge is 0.342 e. The average molecular weight is 278 g/mol. The Morgan fingerprint density at radius 1 is 1.30 bits per heavy atom. The van der Waals surface area contributed by atoms with Gasteiger partial charge in [0.05, 0.1) is 17.7 Å². The Labute approximate surface area is 114 Å². The maximum Gasteiger partial charge on any atom is 0.342 e. The first-order chi connectivity index (χ1) is 9.72. The number of nitro groups is 1. The van der Waals surface area contributed by atoms with Crippen LogP contribution in [0.5, 0.6) is 5.75 Å². The third-order valence-corrected chi connectivity index (χ3v) is 3.56. The Balaban J connectivity index is 2.20. The molecule has 0 bridgehead atoms. The van der Waals surface area contributed by atoms with Gasteiger partial charge in [0, 0.05) is 19.2 Å². The predicted octanol–water partition coefficient (Wildman–Crippen LogP) is 2.13. The number of nitrogens with zero attached hydrogens (tertiary/aromatic N) is 4. The number of piperidine rings is 1. The Hall–Kier alpha value is -2.38. The third kappa shape index (κ3) is 1.93. The monoisotopic (exact) mass is 278 g/mol. The summed E-state index contributed by atoms with van der Waals surface area (Å²) in [4.78, 5) is 12.8. The lowest BCUT2D eigenvalue weighted by atomic mass is 10.1. The van der Waals surface area contributed by atoms with Gasteiger partial charge in [-0.2, -0.15) is 0 Å². The number of hydrogen-bond donors (Lipinski definition) is 0. The molecule has 8 heteroatoms. The Morgan fingerprint density at radius 3 is 2.65 bits per heavy atom. The minimum absolute atomic E-state index is 0.134. The summed E-state index contributed by atoms with van der Waals surface area (Å²) in [6, 6.07) is 1.65. The van der Waals surface area contributed by atoms with Crippen molar-refractivity contribution in [1.82, 2.24) is 10.3 Å². The first-order valence-corrected chi connectivity index (χ1v) is 6.45. The number of rotatable bonds is 3. The first-order valence-electron chi connectivity index (χ1n) is 6.45. The van der Waals surface area contributed by atoms with E-state index in [2.05, 4.69) is 15.2 Å². The largest absolute Gasteiger partial charge is 0.490 e. The molecule has 8 nitrogen and oxygen atoms in total. The SMILES string of the molecule is COc1cc(N2CCCCC2)c2nonc2c1[N+](=O)[O-]. The molecule has 0 aliphatic carbocycles. The molecule has 1 aliphatic rings. The van der Waals surface area contributed by atoms with Gasteiger partial charge in [0.1, 0.15) is 0 Å². The van der Waals surface area contributed by atoms with Gasteiger partial charge in [0.25, 0.3) is 0 Å². The molecular formula is C12H14N4O4. The van der Waals surface area contributed by atoms with Gasteiger partial charge in [0.2, 0.25) is 11.3 Å². The zero-order valence-corrected chi connectivity index (χ0v) is 11.0. The van der Waals surface area contributed by atoms with E-state index in [1.54, 1.807) is 6.07 Å². The lowest BCUT2D eigenvalue weighted by molar-refractivity contribution is -0.384. The number of aromatic nitrogens is 2. The van der Waals surface area contributed by atoms with Gasteiger partial charge in [-0.1, -0.05) is 0 Å². The van der Waals surface area contributed by atoms with Crippen LogP contribution in [0, 0.1) is 10.1 Å². The van der Waals surface area contributed by atoms with Crippen LogP contribution in [0.15, 0.2) is 10.7 Å². The topological polar surface area (TPSA) is 94.5 Å². The molecule has 1 saturated heterocycles. The van der Waals surface area contributed by atoms with Crippen LogP contribution in [0.3, 0.4) is 0 Å². The van der Waals surface area contributed by atoms with E-state index in [4.69, 9.17) is 9.37 Å². The van der Waals surface area contributed by atoms with Crippen molar-refractivity contribution in [2.45, 2.75) is 19.3 Å². The molecule has 0 spiro atoms. The molecule has 2 heterocycles. The van der Waals surface area contributed by atoms with Gasteiger partial charge in [-0.05, 0) is 29.6 Å². The fraction of sp³-hybridized carbons (Fsp3) is 0.500. The standard InChI is InChI=1S/C12H14N4O4/c1-19-9-7-8(15-5-3-2-4-6-15)10-11(14-20-13-10)12(9)16(17)18/h7H,2-6H2,1H3. The zero-order chi connectivity index (χ0) is 14.1. The molecule has 1 aliphatic heterocycles. The van der Waals surface area contributed by atoms with Gasteiger partial charge in [-0.3, -0.25) is 10.1 Å². The van der Waals surface area contributed by atoms with Crippen molar-refractivity contribution in [2.75, 3.05) is 25.1 Å². The number of anilines is 1. The summed E-state index contributed by atoms with van der Waals surface area (Å²) >= 11 is 0. The molecule has 1 aromatic carbocycles. The van der Waals surface area contributed by atoms with E-state index < -0.39 is 4.92 Å². The number of nitro benzene ring substituents is 1. The van der Waals surface area contributed by atoms with Crippen molar-refractivity contribution in [2.24, 2.45) is 0 Å². The Bertz CT molecular complexity index is 648. The summed E-state index contributed by atoms with van der Waals surface area (Å²) in [6.45, 7) is 1.78. The first kappa shape index (κ1) is 12.6. The number of benzene rings is 1. The molecule has 1 aromatic heterocycles. The number of hydrogen-bond acceptors (Lipinski definition) is 7. The molecule has 0 atom stereocenters. The van der Waals surface area contributed by atoms with E-state index in [0.717, 1.165) is 31.6 Å². The lowest BCUT2D eigenvalue weighted by Gasteiger charge is -2.28. The molecule has 2 aromatic rings. The van der Waals surface area contributed by atoms with Crippen molar-refractivity contribution in [3.05, 3.63) is 16.2 Å². The zero-order valence-electron chi connectivity index (χ0n) is 11.0. The third-order valence-electron chi connectivity index (χ3n) is 3.56. The summed E-state index contributed by atoms with van der Waals surface area (Å²) in [7, 11) is 1.40. The van der Waals surface area contributed by atoms with Gasteiger partial charge in [0.15, 0.2) is 5.52 Å². The molecule has 0 saturated carbocycles. The van der Waals surface area contributed by atoms with Crippen molar-refractivity contribution in [3.63, 3.8) is 0 Å². The summed E-state index contributed by atoms with van der Waals surface area (Å²) in [6.07, 6.45) is 3.37. The summed E-state index contributed by atoms with van der Waals surface area (Å²) in [5.74, 6) is 0.179. The van der Waals surface area contributed by atoms with Crippen LogP contribution >= 0.6 is 0 Å². The van der Waals surface area contributed by atoms with Crippen LogP contribution in [0.4, 0.5) is 11.4 Å². The molecule has 0 radical (unpaired) electrons. The summed E-state index contributed by atoms with van der Waals surface area (Å²) < 4.78 is 9.84. The number of ether oxygens (including phenoxy) is 1. The van der Waals surface area contributed by atoms with Gasteiger partial charge in [-0.25, -0.2) is 4.63 Å². The van der Waals surface area contributed by atoms with Crippen LogP contribution in [-0.4, -0.2) is 35.4 Å². The Kier molecular flexibility index (Phi) is 3.13. The van der Waals surface area contributed by atoms with Crippen molar-refractivity contribution >= 4 is 22.4 Å². The molecule has 0 N–H and O–H groups in total. The molecule has 106 valence electrons. The molecule has 3 rings (SSSR count). The fourth-order valence-corrected chi connectivity index (χ4v) is 2.60. The molecule has 1 fully saturated rings. The average Bonchev–Trinajstić information content (AvgIpc) is 2.95. The van der Waals surface area contributed by atoms with E-state index in [-0.39, 0.29) is 17.0 Å². The summed E-state index contributed by atoms with van der Waals surface area (Å²) in [5, 5.41) is 18.7. The van der Waals surface area contributed by atoms with Gasteiger partial charge < -0.3 is 9.64 Å². The van der Waals surface area contributed by atoms with Gasteiger partial charge >= 0.3 is 5.69 Å². The van der Waals surface area contributed by atoms with Crippen LogP contribution in [0.1, 0.15) is 19.3 Å². The van der Waals surface area contributed by atoms with Gasteiger partial charge in [-0.15, -0.1) is 0 Å². The molecule has 0 amide bonds. The highest BCUT2D eigenvalue weighted by molar-refractivity contribution is 5.96. The Morgan fingerprint density at radius 2 is 2.00 bits per heavy atom. The van der Waals surface area contributed by atoms with E-state index in [0.29, 0.717) is 5.52 Å². The van der Waals surface area contributed by atoms with Crippen LogP contribution in [-0.2, 0) is 0 Å². The molecular weight excluding hydrogens is 264 g/mol. The van der Waals surface area contributed by atoms with E-state index in [9.17, 15) is 10.1 Å². The van der Waals surface area contributed by atoms with E-state index in [1.807, 2.05) is 0 Å². The van der Waals surface area contributed by atoms with Crippen LogP contribution < -0.4 is 9.64 Å². The van der Waals surface area contributed by atoms with Crippen LogP contribution in [0.2, 0.25) is 0 Å². The maximum absolute atomic E-state index is 11.2. The van der Waals surface area contributed by atoms with Crippen LogP contribution in [0.25, 0.3) is 11.0 Å². The van der Waals surface area contributed by atoms with Crippen molar-refractivity contribution in [1.29, 1.82) is 0 Å². The highest BCUT2D eigenvalue weighted by atomic mass is 16.6. The second kappa shape index (κ2) is 4.95.